The second-order valence-corrected chi connectivity index (χ2v) is 8.67. The van der Waals surface area contributed by atoms with Gasteiger partial charge in [-0.3, -0.25) is 9.80 Å². The average molecular weight is 418 g/mol. The first-order valence-corrected chi connectivity index (χ1v) is 11.3. The normalized spacial score (nSPS) is 19.6. The van der Waals surface area contributed by atoms with Crippen molar-refractivity contribution in [1.29, 1.82) is 0 Å². The van der Waals surface area contributed by atoms with Crippen LogP contribution in [0.1, 0.15) is 31.9 Å². The maximum absolute atomic E-state index is 5.50. The quantitative estimate of drug-likeness (QED) is 0.496. The van der Waals surface area contributed by atoms with Crippen molar-refractivity contribution >= 4 is 5.96 Å². The number of hydrogen-bond acceptors (Lipinski definition) is 5. The summed E-state index contributed by atoms with van der Waals surface area (Å²) >= 11 is 0. The Kier molecular flexibility index (Phi) is 8.93. The molecule has 0 unspecified atom stereocenters. The molecular weight excluding hydrogens is 378 g/mol. The Morgan fingerprint density at radius 3 is 2.37 bits per heavy atom. The topological polar surface area (TPSA) is 61.4 Å². The van der Waals surface area contributed by atoms with Crippen molar-refractivity contribution in [3.63, 3.8) is 0 Å². The molecule has 168 valence electrons. The lowest BCUT2D eigenvalue weighted by Crippen LogP contribution is -2.56. The molecule has 0 aliphatic carbocycles. The van der Waals surface area contributed by atoms with Gasteiger partial charge in [-0.1, -0.05) is 24.3 Å². The summed E-state index contributed by atoms with van der Waals surface area (Å²) in [6, 6.07) is 8.78. The second-order valence-electron chi connectivity index (χ2n) is 8.67. The van der Waals surface area contributed by atoms with Gasteiger partial charge in [0.2, 0.25) is 0 Å². The van der Waals surface area contributed by atoms with Gasteiger partial charge in [-0.2, -0.15) is 0 Å². The fraction of sp³-hybridized carbons (Fsp3) is 0.696. The molecule has 0 amide bonds. The molecule has 3 rings (SSSR count). The van der Waals surface area contributed by atoms with Crippen LogP contribution in [0.15, 0.2) is 29.3 Å². The van der Waals surface area contributed by atoms with Crippen LogP contribution in [-0.2, 0) is 22.6 Å². The number of aliphatic imine (C=N–C) groups is 1. The molecule has 2 fully saturated rings. The SMILES string of the molecule is CCNC(=NCc1cccc(CN2CCOCC2)c1)NCC(C)(C)N1CCOCC1. The summed E-state index contributed by atoms with van der Waals surface area (Å²) in [6.07, 6.45) is 0. The van der Waals surface area contributed by atoms with E-state index in [1.54, 1.807) is 0 Å². The number of morpholine rings is 2. The van der Waals surface area contributed by atoms with Crippen molar-refractivity contribution in [3.8, 4) is 0 Å². The Morgan fingerprint density at radius 1 is 1.00 bits per heavy atom. The van der Waals surface area contributed by atoms with Crippen LogP contribution in [-0.4, -0.2) is 87.0 Å². The summed E-state index contributed by atoms with van der Waals surface area (Å²) in [5.41, 5.74) is 2.64. The molecule has 2 aliphatic heterocycles. The van der Waals surface area contributed by atoms with Crippen molar-refractivity contribution < 1.29 is 9.47 Å². The zero-order valence-corrected chi connectivity index (χ0v) is 19.0. The molecule has 0 spiro atoms. The Morgan fingerprint density at radius 2 is 1.67 bits per heavy atom. The van der Waals surface area contributed by atoms with Crippen molar-refractivity contribution in [1.82, 2.24) is 20.4 Å². The minimum Gasteiger partial charge on any atom is -0.379 e. The highest BCUT2D eigenvalue weighted by Crippen LogP contribution is 2.15. The van der Waals surface area contributed by atoms with Gasteiger partial charge >= 0.3 is 0 Å². The third kappa shape index (κ3) is 7.23. The molecule has 0 aromatic heterocycles. The zero-order valence-electron chi connectivity index (χ0n) is 19.0. The van der Waals surface area contributed by atoms with Gasteiger partial charge in [-0.05, 0) is 31.9 Å². The number of hydrogen-bond donors (Lipinski definition) is 2. The highest BCUT2D eigenvalue weighted by atomic mass is 16.5. The van der Waals surface area contributed by atoms with Crippen LogP contribution in [0.2, 0.25) is 0 Å². The van der Waals surface area contributed by atoms with Crippen molar-refractivity contribution in [3.05, 3.63) is 35.4 Å². The van der Waals surface area contributed by atoms with E-state index in [9.17, 15) is 0 Å². The molecule has 0 bridgehead atoms. The van der Waals surface area contributed by atoms with E-state index in [1.807, 2.05) is 0 Å². The van der Waals surface area contributed by atoms with Crippen molar-refractivity contribution in [2.75, 3.05) is 65.7 Å². The highest BCUT2D eigenvalue weighted by molar-refractivity contribution is 5.79. The van der Waals surface area contributed by atoms with Crippen molar-refractivity contribution in [2.24, 2.45) is 4.99 Å². The third-order valence-electron chi connectivity index (χ3n) is 5.82. The van der Waals surface area contributed by atoms with Gasteiger partial charge in [-0.15, -0.1) is 0 Å². The summed E-state index contributed by atoms with van der Waals surface area (Å²) in [6.45, 7) is 17.3. The Labute approximate surface area is 181 Å². The van der Waals surface area contributed by atoms with Crippen LogP contribution in [0.4, 0.5) is 0 Å². The maximum Gasteiger partial charge on any atom is 0.191 e. The lowest BCUT2D eigenvalue weighted by atomic mass is 10.0. The molecule has 0 radical (unpaired) electrons. The van der Waals surface area contributed by atoms with Gasteiger partial charge in [0.05, 0.1) is 33.0 Å². The molecule has 0 atom stereocenters. The number of nitrogens with one attached hydrogen (secondary N) is 2. The fourth-order valence-corrected chi connectivity index (χ4v) is 3.94. The summed E-state index contributed by atoms with van der Waals surface area (Å²) in [4.78, 5) is 9.78. The lowest BCUT2D eigenvalue weighted by molar-refractivity contribution is -0.00834. The first-order valence-electron chi connectivity index (χ1n) is 11.3. The van der Waals surface area contributed by atoms with Crippen LogP contribution < -0.4 is 10.6 Å². The summed E-state index contributed by atoms with van der Waals surface area (Å²) < 4.78 is 10.9. The highest BCUT2D eigenvalue weighted by Gasteiger charge is 2.28. The van der Waals surface area contributed by atoms with Gasteiger partial charge in [0, 0.05) is 51.4 Å². The van der Waals surface area contributed by atoms with Crippen LogP contribution in [0.25, 0.3) is 0 Å². The number of rotatable bonds is 8. The maximum atomic E-state index is 5.50. The smallest absolute Gasteiger partial charge is 0.191 e. The van der Waals surface area contributed by atoms with Gasteiger partial charge in [-0.25, -0.2) is 4.99 Å². The van der Waals surface area contributed by atoms with Gasteiger partial charge in [0.25, 0.3) is 0 Å². The van der Waals surface area contributed by atoms with Crippen LogP contribution in [0.5, 0.6) is 0 Å². The summed E-state index contributed by atoms with van der Waals surface area (Å²) in [5, 5.41) is 6.93. The molecule has 2 aliphatic rings. The third-order valence-corrected chi connectivity index (χ3v) is 5.82. The van der Waals surface area contributed by atoms with Gasteiger partial charge in [0.15, 0.2) is 5.96 Å². The number of ether oxygens (including phenoxy) is 2. The van der Waals surface area contributed by atoms with E-state index in [0.29, 0.717) is 6.54 Å². The molecule has 7 heteroatoms. The lowest BCUT2D eigenvalue weighted by Gasteiger charge is -2.41. The van der Waals surface area contributed by atoms with Crippen LogP contribution in [0.3, 0.4) is 0 Å². The summed E-state index contributed by atoms with van der Waals surface area (Å²) in [5.74, 6) is 0.873. The Hall–Kier alpha value is -1.67. The monoisotopic (exact) mass is 417 g/mol. The van der Waals surface area contributed by atoms with Gasteiger partial charge < -0.3 is 20.1 Å². The van der Waals surface area contributed by atoms with E-state index in [0.717, 1.165) is 78.2 Å². The molecule has 1 aromatic carbocycles. The second kappa shape index (κ2) is 11.6. The van der Waals surface area contributed by atoms with E-state index < -0.39 is 0 Å². The molecule has 30 heavy (non-hydrogen) atoms. The zero-order chi connectivity index (χ0) is 21.2. The number of nitrogens with zero attached hydrogens (tertiary/aromatic N) is 3. The predicted octanol–water partition coefficient (Wildman–Crippen LogP) is 1.68. The molecule has 0 saturated carbocycles. The Balaban J connectivity index is 1.55. The number of benzene rings is 1. The van der Waals surface area contributed by atoms with E-state index in [2.05, 4.69) is 65.5 Å². The first kappa shape index (κ1) is 23.0. The van der Waals surface area contributed by atoms with Crippen LogP contribution >= 0.6 is 0 Å². The average Bonchev–Trinajstić information content (AvgIpc) is 2.77. The largest absolute Gasteiger partial charge is 0.379 e. The standard InChI is InChI=1S/C23H39N5O2/c1-4-24-22(26-19-23(2,3)28-10-14-30-15-11-28)25-17-20-6-5-7-21(16-20)18-27-8-12-29-13-9-27/h5-7,16H,4,8-15,17-19H2,1-3H3,(H2,24,25,26). The summed E-state index contributed by atoms with van der Waals surface area (Å²) in [7, 11) is 0. The fourth-order valence-electron chi connectivity index (χ4n) is 3.94. The molecule has 7 nitrogen and oxygen atoms in total. The first-order chi connectivity index (χ1) is 14.6. The minimum absolute atomic E-state index is 0.0536. The number of guanidine groups is 1. The van der Waals surface area contributed by atoms with E-state index in [4.69, 9.17) is 14.5 Å². The van der Waals surface area contributed by atoms with E-state index >= 15 is 0 Å². The molecule has 2 saturated heterocycles. The molecular formula is C23H39N5O2. The predicted molar refractivity (Wildman–Crippen MR) is 122 cm³/mol. The molecule has 1 aromatic rings. The van der Waals surface area contributed by atoms with Crippen LogP contribution in [0, 0.1) is 0 Å². The minimum atomic E-state index is 0.0536. The molecule has 2 heterocycles. The molecule has 2 N–H and O–H groups in total. The van der Waals surface area contributed by atoms with E-state index in [1.165, 1.54) is 11.1 Å². The van der Waals surface area contributed by atoms with E-state index in [-0.39, 0.29) is 5.54 Å². The Bertz CT molecular complexity index is 667. The van der Waals surface area contributed by atoms with Crippen molar-refractivity contribution in [2.45, 2.75) is 39.4 Å². The van der Waals surface area contributed by atoms with Gasteiger partial charge in [0.1, 0.15) is 0 Å².